The molecule has 66 valence electrons. The maximum absolute atomic E-state index is 12.2. The molecule has 0 bridgehead atoms. The van der Waals surface area contributed by atoms with Crippen molar-refractivity contribution >= 4 is 0 Å². The molecule has 1 rings (SSSR count). The minimum absolute atomic E-state index is 0.146. The molecule has 5 heteroatoms. The van der Waals surface area contributed by atoms with Crippen LogP contribution in [0.25, 0.3) is 0 Å². The van der Waals surface area contributed by atoms with Gasteiger partial charge in [0.2, 0.25) is 0 Å². The standard InChI is InChI=1S/C7H7F3N2/c1-12-3-5(2-11)6(4-12)7(8,9)10/h3,6H,4H2,1H3. The zero-order chi connectivity index (χ0) is 9.35. The fourth-order valence-electron chi connectivity index (χ4n) is 1.15. The molecule has 0 aromatic heterocycles. The Morgan fingerprint density at radius 3 is 2.58 bits per heavy atom. The Balaban J connectivity index is 2.85. The smallest absolute Gasteiger partial charge is 0.379 e. The molecule has 2 nitrogen and oxygen atoms in total. The molecule has 1 atom stereocenters. The molecule has 0 radical (unpaired) electrons. The van der Waals surface area contributed by atoms with Crippen molar-refractivity contribution in [1.29, 1.82) is 5.26 Å². The summed E-state index contributed by atoms with van der Waals surface area (Å²) in [6.07, 6.45) is -3.06. The second-order valence-corrected chi connectivity index (χ2v) is 2.73. The van der Waals surface area contributed by atoms with Gasteiger partial charge >= 0.3 is 6.18 Å². The SMILES string of the molecule is CN1C=C(C#N)C(C(F)(F)F)C1. The summed E-state index contributed by atoms with van der Waals surface area (Å²) in [5, 5.41) is 8.37. The van der Waals surface area contributed by atoms with Gasteiger partial charge in [-0.05, 0) is 0 Å². The highest BCUT2D eigenvalue weighted by molar-refractivity contribution is 5.28. The van der Waals surface area contributed by atoms with E-state index in [9.17, 15) is 13.2 Å². The van der Waals surface area contributed by atoms with Crippen LogP contribution in [0.1, 0.15) is 0 Å². The third-order valence-corrected chi connectivity index (χ3v) is 1.73. The van der Waals surface area contributed by atoms with Gasteiger partial charge in [-0.1, -0.05) is 0 Å². The average molecular weight is 176 g/mol. The molecule has 0 saturated heterocycles. The van der Waals surface area contributed by atoms with E-state index in [0.29, 0.717) is 0 Å². The number of rotatable bonds is 0. The summed E-state index contributed by atoms with van der Waals surface area (Å²) in [7, 11) is 1.52. The van der Waals surface area contributed by atoms with E-state index in [1.54, 1.807) is 6.07 Å². The second-order valence-electron chi connectivity index (χ2n) is 2.73. The van der Waals surface area contributed by atoms with Gasteiger partial charge < -0.3 is 4.90 Å². The van der Waals surface area contributed by atoms with E-state index in [2.05, 4.69) is 0 Å². The highest BCUT2D eigenvalue weighted by Gasteiger charge is 2.45. The normalized spacial score (nSPS) is 23.8. The molecule has 0 spiro atoms. The third-order valence-electron chi connectivity index (χ3n) is 1.73. The number of hydrogen-bond acceptors (Lipinski definition) is 2. The van der Waals surface area contributed by atoms with Crippen LogP contribution in [0.15, 0.2) is 11.8 Å². The lowest BCUT2D eigenvalue weighted by atomic mass is 10.0. The number of hydrogen-bond donors (Lipinski definition) is 0. The van der Waals surface area contributed by atoms with E-state index >= 15 is 0 Å². The van der Waals surface area contributed by atoms with Gasteiger partial charge in [0.15, 0.2) is 0 Å². The van der Waals surface area contributed by atoms with Crippen LogP contribution in [0.5, 0.6) is 0 Å². The number of alkyl halides is 3. The van der Waals surface area contributed by atoms with Gasteiger partial charge in [0.05, 0.1) is 11.6 Å². The van der Waals surface area contributed by atoms with Crippen molar-refractivity contribution in [2.45, 2.75) is 6.18 Å². The Kier molecular flexibility index (Phi) is 2.01. The summed E-state index contributed by atoms with van der Waals surface area (Å²) in [4.78, 5) is 1.37. The summed E-state index contributed by atoms with van der Waals surface area (Å²) in [6, 6.07) is 1.55. The fraction of sp³-hybridized carbons (Fsp3) is 0.571. The van der Waals surface area contributed by atoms with E-state index in [-0.39, 0.29) is 12.1 Å². The first-order chi connectivity index (χ1) is 5.45. The molecule has 0 amide bonds. The van der Waals surface area contributed by atoms with Gasteiger partial charge in [-0.15, -0.1) is 0 Å². The molecule has 0 aliphatic carbocycles. The van der Waals surface area contributed by atoms with E-state index < -0.39 is 12.1 Å². The molecule has 0 N–H and O–H groups in total. The molecule has 1 aliphatic rings. The van der Waals surface area contributed by atoms with E-state index in [1.165, 1.54) is 18.1 Å². The van der Waals surface area contributed by atoms with Gasteiger partial charge in [0.1, 0.15) is 5.92 Å². The van der Waals surface area contributed by atoms with Crippen LogP contribution < -0.4 is 0 Å². The molecule has 1 aliphatic heterocycles. The summed E-state index contributed by atoms with van der Waals surface area (Å²) in [6.45, 7) is -0.146. The van der Waals surface area contributed by atoms with Crippen molar-refractivity contribution in [3.8, 4) is 6.07 Å². The molecule has 1 heterocycles. The van der Waals surface area contributed by atoms with Crippen molar-refractivity contribution in [3.05, 3.63) is 11.8 Å². The number of nitrogens with zero attached hydrogens (tertiary/aromatic N) is 2. The van der Waals surface area contributed by atoms with Crippen LogP contribution in [0.2, 0.25) is 0 Å². The van der Waals surface area contributed by atoms with Crippen molar-refractivity contribution in [1.82, 2.24) is 4.90 Å². The Labute approximate surface area is 67.9 Å². The van der Waals surface area contributed by atoms with Gasteiger partial charge in [-0.3, -0.25) is 0 Å². The zero-order valence-corrected chi connectivity index (χ0v) is 6.39. The zero-order valence-electron chi connectivity index (χ0n) is 6.39. The first kappa shape index (κ1) is 8.91. The van der Waals surface area contributed by atoms with Gasteiger partial charge in [-0.2, -0.15) is 18.4 Å². The highest BCUT2D eigenvalue weighted by atomic mass is 19.4. The largest absolute Gasteiger partial charge is 0.398 e. The summed E-state index contributed by atoms with van der Waals surface area (Å²) in [5.41, 5.74) is -0.204. The molecule has 0 aromatic carbocycles. The minimum Gasteiger partial charge on any atom is -0.379 e. The van der Waals surface area contributed by atoms with Crippen molar-refractivity contribution in [2.75, 3.05) is 13.6 Å². The summed E-state index contributed by atoms with van der Waals surface area (Å²) < 4.78 is 36.5. The van der Waals surface area contributed by atoms with Gasteiger partial charge in [0.25, 0.3) is 0 Å². The van der Waals surface area contributed by atoms with Crippen LogP contribution in [0.4, 0.5) is 13.2 Å². The highest BCUT2D eigenvalue weighted by Crippen LogP contribution is 2.35. The van der Waals surface area contributed by atoms with Gasteiger partial charge in [0, 0.05) is 19.8 Å². The van der Waals surface area contributed by atoms with Crippen LogP contribution in [0, 0.1) is 17.2 Å². The van der Waals surface area contributed by atoms with Crippen molar-refractivity contribution in [3.63, 3.8) is 0 Å². The Morgan fingerprint density at radius 1 is 1.67 bits per heavy atom. The summed E-state index contributed by atoms with van der Waals surface area (Å²) in [5.74, 6) is -1.60. The van der Waals surface area contributed by atoms with Gasteiger partial charge in [-0.25, -0.2) is 0 Å². The Bertz CT molecular complexity index is 248. The quantitative estimate of drug-likeness (QED) is 0.559. The van der Waals surface area contributed by atoms with E-state index in [4.69, 9.17) is 5.26 Å². The first-order valence-electron chi connectivity index (χ1n) is 3.34. The second kappa shape index (κ2) is 2.70. The summed E-state index contributed by atoms with van der Waals surface area (Å²) >= 11 is 0. The van der Waals surface area contributed by atoms with Crippen LogP contribution in [-0.4, -0.2) is 24.7 Å². The maximum atomic E-state index is 12.2. The van der Waals surface area contributed by atoms with E-state index in [0.717, 1.165) is 0 Å². The molecule has 0 fully saturated rings. The maximum Gasteiger partial charge on any atom is 0.398 e. The predicted octanol–water partition coefficient (Wildman–Crippen LogP) is 1.52. The lowest BCUT2D eigenvalue weighted by Crippen LogP contribution is -2.28. The fourth-order valence-corrected chi connectivity index (χ4v) is 1.15. The molecular formula is C7H7F3N2. The number of nitriles is 1. The van der Waals surface area contributed by atoms with Crippen molar-refractivity contribution < 1.29 is 13.2 Å². The van der Waals surface area contributed by atoms with Crippen molar-refractivity contribution in [2.24, 2.45) is 5.92 Å². The lowest BCUT2D eigenvalue weighted by Gasteiger charge is -2.15. The molecule has 12 heavy (non-hydrogen) atoms. The average Bonchev–Trinajstić information content (AvgIpc) is 2.29. The third kappa shape index (κ3) is 1.52. The molecule has 0 aromatic rings. The lowest BCUT2D eigenvalue weighted by molar-refractivity contribution is -0.162. The first-order valence-corrected chi connectivity index (χ1v) is 3.34. The Morgan fingerprint density at radius 2 is 2.25 bits per heavy atom. The van der Waals surface area contributed by atoms with Crippen LogP contribution in [0.3, 0.4) is 0 Å². The monoisotopic (exact) mass is 176 g/mol. The van der Waals surface area contributed by atoms with Crippen LogP contribution >= 0.6 is 0 Å². The predicted molar refractivity (Wildman–Crippen MR) is 35.9 cm³/mol. The Hall–Kier alpha value is -1.18. The molecule has 1 unspecified atom stereocenters. The van der Waals surface area contributed by atoms with E-state index in [1.807, 2.05) is 0 Å². The topological polar surface area (TPSA) is 27.0 Å². The molecular weight excluding hydrogens is 169 g/mol. The molecule has 0 saturated carbocycles. The number of halogens is 3. The van der Waals surface area contributed by atoms with Crippen LogP contribution in [-0.2, 0) is 0 Å². The minimum atomic E-state index is -4.30.